The molecule has 0 radical (unpaired) electrons. The molecule has 2 aliphatic rings. The molecule has 0 unspecified atom stereocenters. The van der Waals surface area contributed by atoms with Gasteiger partial charge in [0.25, 0.3) is 0 Å². The first kappa shape index (κ1) is 29.2. The Morgan fingerprint density at radius 2 is 1.97 bits per heavy atom. The molecule has 12 heteroatoms. The van der Waals surface area contributed by atoms with Gasteiger partial charge in [-0.3, -0.25) is 4.79 Å². The molecule has 37 heavy (non-hydrogen) atoms. The van der Waals surface area contributed by atoms with E-state index < -0.39 is 30.9 Å². The fourth-order valence-electron chi connectivity index (χ4n) is 4.55. The number of esters is 1. The average molecular weight is 554 g/mol. The Balaban J connectivity index is 1.76. The number of hydrogen-bond donors (Lipinski definition) is 2. The number of carbonyl (C=O) groups excluding carboxylic acids is 3. The largest absolute Gasteiger partial charge is 0.423 e. The summed E-state index contributed by atoms with van der Waals surface area (Å²) < 4.78 is 10.5. The molecule has 1 aromatic rings. The molecular formula is C25H35N3O7S2. The van der Waals surface area contributed by atoms with E-state index in [-0.39, 0.29) is 42.1 Å². The summed E-state index contributed by atoms with van der Waals surface area (Å²) in [5.41, 5.74) is 2.29. The van der Waals surface area contributed by atoms with Crippen molar-refractivity contribution in [2.45, 2.75) is 66.3 Å². The second-order valence-corrected chi connectivity index (χ2v) is 11.6. The minimum atomic E-state index is -0.860. The molecule has 10 nitrogen and oxygen atoms in total. The number of aromatic nitrogens is 1. The number of thioether (sulfide) groups is 1. The number of carbonyl (C=O) groups is 3. The predicted octanol–water partition coefficient (Wildman–Crippen LogP) is 3.41. The topological polar surface area (TPSA) is 130 Å². The van der Waals surface area contributed by atoms with Crippen LogP contribution >= 0.6 is 23.1 Å². The van der Waals surface area contributed by atoms with E-state index in [0.29, 0.717) is 17.1 Å². The molecule has 2 amide bonds. The standard InChI is InChI=1S/C25H35N3O7S2/c1-13(2)9-27(14(3)4)25(33)35-12-34-24(32)21-22(36-8-7-18-17(10-29)26-11-37-18)15(5)20-19(16(6)30)23(31)28(20)21/h7-8,11,13-16,19-20,29-30H,9-10,12H2,1-6H3/b8-7-/t15-,16-,19-,20-/m1/s1. The van der Waals surface area contributed by atoms with E-state index in [1.54, 1.807) is 28.8 Å². The summed E-state index contributed by atoms with van der Waals surface area (Å²) in [6.45, 7) is 10.9. The highest BCUT2D eigenvalue weighted by molar-refractivity contribution is 8.06. The van der Waals surface area contributed by atoms with Crippen LogP contribution < -0.4 is 0 Å². The fourth-order valence-corrected chi connectivity index (χ4v) is 6.32. The number of rotatable bonds is 11. The smallest absolute Gasteiger partial charge is 0.412 e. The average Bonchev–Trinajstić information content (AvgIpc) is 3.37. The lowest BCUT2D eigenvalue weighted by Crippen LogP contribution is -2.63. The van der Waals surface area contributed by atoms with E-state index in [9.17, 15) is 24.6 Å². The minimum Gasteiger partial charge on any atom is -0.423 e. The van der Waals surface area contributed by atoms with Crippen LogP contribution in [0.1, 0.15) is 52.1 Å². The van der Waals surface area contributed by atoms with Crippen molar-refractivity contribution in [2.24, 2.45) is 17.8 Å². The summed E-state index contributed by atoms with van der Waals surface area (Å²) in [6, 6.07) is -0.451. The van der Waals surface area contributed by atoms with E-state index in [1.807, 2.05) is 34.6 Å². The van der Waals surface area contributed by atoms with Gasteiger partial charge in [-0.2, -0.15) is 0 Å². The van der Waals surface area contributed by atoms with E-state index in [1.165, 1.54) is 28.0 Å². The van der Waals surface area contributed by atoms with Gasteiger partial charge in [0, 0.05) is 23.4 Å². The van der Waals surface area contributed by atoms with Gasteiger partial charge in [0.1, 0.15) is 5.70 Å². The van der Waals surface area contributed by atoms with Gasteiger partial charge in [-0.05, 0) is 38.2 Å². The SMILES string of the molecule is CC(C)CN(C(=O)OCOC(=O)C1=C(S/C=C\c2scnc2CO)[C@H](C)[C@@H]2[C@@H]([C@@H](C)O)C(=O)N12)C(C)C. The molecule has 0 aliphatic carbocycles. The van der Waals surface area contributed by atoms with Crippen molar-refractivity contribution in [1.82, 2.24) is 14.8 Å². The second kappa shape index (κ2) is 12.4. The number of fused-ring (bicyclic) bond motifs is 1. The third kappa shape index (κ3) is 6.19. The quantitative estimate of drug-likeness (QED) is 0.241. The lowest BCUT2D eigenvalue weighted by molar-refractivity contribution is -0.166. The maximum absolute atomic E-state index is 13.1. The second-order valence-electron chi connectivity index (χ2n) is 9.81. The normalized spacial score (nSPS) is 22.1. The Labute approximate surface area is 225 Å². The number of amides is 2. The summed E-state index contributed by atoms with van der Waals surface area (Å²) >= 11 is 2.64. The molecular weight excluding hydrogens is 518 g/mol. The number of aliphatic hydroxyl groups is 2. The number of ether oxygens (including phenoxy) is 2. The Morgan fingerprint density at radius 1 is 1.27 bits per heavy atom. The first-order valence-electron chi connectivity index (χ1n) is 12.2. The number of aliphatic hydroxyl groups excluding tert-OH is 2. The van der Waals surface area contributed by atoms with Crippen LogP contribution in [0.3, 0.4) is 0 Å². The molecule has 2 aliphatic heterocycles. The first-order valence-corrected chi connectivity index (χ1v) is 14.0. The van der Waals surface area contributed by atoms with Crippen LogP contribution in [0.25, 0.3) is 6.08 Å². The van der Waals surface area contributed by atoms with Crippen LogP contribution in [0, 0.1) is 17.8 Å². The van der Waals surface area contributed by atoms with Crippen molar-refractivity contribution in [1.29, 1.82) is 0 Å². The zero-order chi connectivity index (χ0) is 27.4. The highest BCUT2D eigenvalue weighted by Crippen LogP contribution is 2.51. The van der Waals surface area contributed by atoms with Gasteiger partial charge >= 0.3 is 12.1 Å². The zero-order valence-corrected chi connectivity index (χ0v) is 23.5. The van der Waals surface area contributed by atoms with Gasteiger partial charge in [-0.15, -0.1) is 11.3 Å². The Kier molecular flexibility index (Phi) is 9.79. The number of thiazole rings is 1. The van der Waals surface area contributed by atoms with E-state index in [0.717, 1.165) is 4.88 Å². The highest BCUT2D eigenvalue weighted by atomic mass is 32.2. The van der Waals surface area contributed by atoms with Crippen molar-refractivity contribution in [3.63, 3.8) is 0 Å². The summed E-state index contributed by atoms with van der Waals surface area (Å²) in [5.74, 6) is -1.72. The monoisotopic (exact) mass is 553 g/mol. The minimum absolute atomic E-state index is 0.0828. The van der Waals surface area contributed by atoms with Crippen molar-refractivity contribution in [3.05, 3.63) is 32.1 Å². The van der Waals surface area contributed by atoms with E-state index in [4.69, 9.17) is 9.47 Å². The lowest BCUT2D eigenvalue weighted by atomic mass is 9.79. The summed E-state index contributed by atoms with van der Waals surface area (Å²) in [7, 11) is 0. The zero-order valence-electron chi connectivity index (χ0n) is 21.9. The maximum atomic E-state index is 13.1. The van der Waals surface area contributed by atoms with Crippen molar-refractivity contribution in [2.75, 3.05) is 13.3 Å². The number of β-lactam (4-membered cyclic amide) rings is 1. The van der Waals surface area contributed by atoms with Crippen LogP contribution in [0.4, 0.5) is 4.79 Å². The van der Waals surface area contributed by atoms with Gasteiger partial charge in [0.15, 0.2) is 0 Å². The van der Waals surface area contributed by atoms with E-state index in [2.05, 4.69) is 4.98 Å². The first-order chi connectivity index (χ1) is 17.5. The molecule has 204 valence electrons. The Hall–Kier alpha value is -2.41. The van der Waals surface area contributed by atoms with E-state index >= 15 is 0 Å². The van der Waals surface area contributed by atoms with Gasteiger partial charge in [-0.1, -0.05) is 32.5 Å². The molecule has 0 saturated carbocycles. The van der Waals surface area contributed by atoms with Gasteiger partial charge in [0.2, 0.25) is 12.7 Å². The summed E-state index contributed by atoms with van der Waals surface area (Å²) in [6.07, 6.45) is 0.345. The van der Waals surface area contributed by atoms with Crippen LogP contribution in [-0.2, 0) is 25.7 Å². The maximum Gasteiger partial charge on any atom is 0.412 e. The summed E-state index contributed by atoms with van der Waals surface area (Å²) in [4.78, 5) is 47.0. The van der Waals surface area contributed by atoms with Crippen molar-refractivity contribution < 1.29 is 34.1 Å². The van der Waals surface area contributed by atoms with Gasteiger partial charge in [-0.25, -0.2) is 14.6 Å². The molecule has 4 atom stereocenters. The molecule has 1 aromatic heterocycles. The van der Waals surface area contributed by atoms with Crippen LogP contribution in [-0.4, -0.2) is 74.5 Å². The third-order valence-corrected chi connectivity index (χ3v) is 8.26. The van der Waals surface area contributed by atoms with Gasteiger partial charge in [0.05, 0.1) is 40.8 Å². The number of hydrogen-bond acceptors (Lipinski definition) is 10. The van der Waals surface area contributed by atoms with Crippen LogP contribution in [0.5, 0.6) is 0 Å². The molecule has 1 fully saturated rings. The third-order valence-electron chi connectivity index (χ3n) is 6.33. The Bertz CT molecular complexity index is 1070. The molecule has 3 rings (SSSR count). The van der Waals surface area contributed by atoms with Crippen molar-refractivity contribution >= 4 is 47.1 Å². The molecule has 3 heterocycles. The van der Waals surface area contributed by atoms with Crippen LogP contribution in [0.2, 0.25) is 0 Å². The molecule has 2 N–H and O–H groups in total. The molecule has 0 bridgehead atoms. The molecule has 1 saturated heterocycles. The lowest BCUT2D eigenvalue weighted by Gasteiger charge is -2.46. The van der Waals surface area contributed by atoms with Gasteiger partial charge < -0.3 is 29.5 Å². The van der Waals surface area contributed by atoms with Crippen LogP contribution in [0.15, 0.2) is 21.5 Å². The van der Waals surface area contributed by atoms with Crippen molar-refractivity contribution in [3.8, 4) is 0 Å². The Morgan fingerprint density at radius 3 is 2.57 bits per heavy atom. The predicted molar refractivity (Wildman–Crippen MR) is 141 cm³/mol. The highest BCUT2D eigenvalue weighted by Gasteiger charge is 2.60. The summed E-state index contributed by atoms with van der Waals surface area (Å²) in [5, 5.41) is 21.3. The molecule has 0 spiro atoms. The fraction of sp³-hybridized carbons (Fsp3) is 0.600. The number of nitrogens with zero attached hydrogens (tertiary/aromatic N) is 3. The molecule has 0 aromatic carbocycles.